The minimum Gasteiger partial charge on any atom is -0.317 e. The summed E-state index contributed by atoms with van der Waals surface area (Å²) in [6, 6.07) is 8.03. The highest BCUT2D eigenvalue weighted by Crippen LogP contribution is 2.11. The molecule has 0 aliphatic rings. The van der Waals surface area contributed by atoms with Crippen LogP contribution in [0.25, 0.3) is 0 Å². The van der Waals surface area contributed by atoms with E-state index in [0.717, 1.165) is 10.9 Å². The molecule has 0 amide bonds. The van der Waals surface area contributed by atoms with Gasteiger partial charge in [0, 0.05) is 11.0 Å². The minimum absolute atomic E-state index is 0.594. The Morgan fingerprint density at radius 2 is 2.27 bits per heavy atom. The SMILES string of the molecule is ONCCc1cccc(Br)c1. The standard InChI is InChI=1S/C8H10BrNO/c9-8-3-1-2-7(6-8)4-5-10-11/h1-3,6,10-11H,4-5H2. The van der Waals surface area contributed by atoms with Crippen molar-refractivity contribution in [2.24, 2.45) is 0 Å². The maximum atomic E-state index is 8.34. The molecule has 0 aliphatic carbocycles. The summed E-state index contributed by atoms with van der Waals surface area (Å²) >= 11 is 3.37. The predicted octanol–water partition coefficient (Wildman–Crippen LogP) is 1.97. The summed E-state index contributed by atoms with van der Waals surface area (Å²) in [5.74, 6) is 0. The molecule has 1 aromatic rings. The number of hydrogen-bond acceptors (Lipinski definition) is 2. The first-order valence-corrected chi connectivity index (χ1v) is 4.23. The van der Waals surface area contributed by atoms with Crippen LogP contribution in [-0.2, 0) is 6.42 Å². The lowest BCUT2D eigenvalue weighted by molar-refractivity contribution is 0.168. The van der Waals surface area contributed by atoms with Gasteiger partial charge in [0.2, 0.25) is 0 Å². The Balaban J connectivity index is 2.56. The number of rotatable bonds is 3. The maximum Gasteiger partial charge on any atom is 0.0247 e. The van der Waals surface area contributed by atoms with Gasteiger partial charge in [-0.25, -0.2) is 5.48 Å². The van der Waals surface area contributed by atoms with Gasteiger partial charge in [-0.05, 0) is 24.1 Å². The summed E-state index contributed by atoms with van der Waals surface area (Å²) in [5.41, 5.74) is 3.33. The normalized spacial score (nSPS) is 10.0. The molecule has 0 unspecified atom stereocenters. The summed E-state index contributed by atoms with van der Waals surface area (Å²) in [7, 11) is 0. The van der Waals surface area contributed by atoms with Crippen LogP contribution < -0.4 is 5.48 Å². The van der Waals surface area contributed by atoms with Gasteiger partial charge in [-0.15, -0.1) is 0 Å². The topological polar surface area (TPSA) is 32.3 Å². The Labute approximate surface area is 74.3 Å². The van der Waals surface area contributed by atoms with Gasteiger partial charge < -0.3 is 5.21 Å². The second-order valence-corrected chi connectivity index (χ2v) is 3.20. The average Bonchev–Trinajstić information content (AvgIpc) is 2.01. The largest absolute Gasteiger partial charge is 0.317 e. The molecule has 2 N–H and O–H groups in total. The van der Waals surface area contributed by atoms with Crippen molar-refractivity contribution in [2.75, 3.05) is 6.54 Å². The van der Waals surface area contributed by atoms with E-state index in [0.29, 0.717) is 6.54 Å². The van der Waals surface area contributed by atoms with E-state index in [9.17, 15) is 0 Å². The number of nitrogens with one attached hydrogen (secondary N) is 1. The molecule has 2 nitrogen and oxygen atoms in total. The third-order valence-corrected chi connectivity index (χ3v) is 1.91. The molecule has 0 heterocycles. The quantitative estimate of drug-likeness (QED) is 0.757. The van der Waals surface area contributed by atoms with Gasteiger partial charge in [0.25, 0.3) is 0 Å². The molecule has 0 aromatic heterocycles. The molecule has 0 aliphatic heterocycles. The van der Waals surface area contributed by atoms with Crippen molar-refractivity contribution < 1.29 is 5.21 Å². The molecule has 0 spiro atoms. The van der Waals surface area contributed by atoms with Crippen molar-refractivity contribution in [3.8, 4) is 0 Å². The van der Waals surface area contributed by atoms with E-state index in [2.05, 4.69) is 21.4 Å². The molecular formula is C8H10BrNO. The second-order valence-electron chi connectivity index (χ2n) is 2.29. The number of halogens is 1. The van der Waals surface area contributed by atoms with E-state index < -0.39 is 0 Å². The van der Waals surface area contributed by atoms with Crippen molar-refractivity contribution in [3.05, 3.63) is 34.3 Å². The van der Waals surface area contributed by atoms with E-state index >= 15 is 0 Å². The van der Waals surface area contributed by atoms with Crippen LogP contribution in [0.15, 0.2) is 28.7 Å². The van der Waals surface area contributed by atoms with Crippen LogP contribution in [0, 0.1) is 0 Å². The van der Waals surface area contributed by atoms with Crippen LogP contribution >= 0.6 is 15.9 Å². The Kier molecular flexibility index (Phi) is 3.56. The highest BCUT2D eigenvalue weighted by Gasteiger charge is 1.91. The molecule has 0 saturated heterocycles. The molecule has 0 fully saturated rings. The molecule has 0 saturated carbocycles. The van der Waals surface area contributed by atoms with Crippen LogP contribution in [0.2, 0.25) is 0 Å². The van der Waals surface area contributed by atoms with Crippen molar-refractivity contribution in [2.45, 2.75) is 6.42 Å². The van der Waals surface area contributed by atoms with Crippen LogP contribution in [0.3, 0.4) is 0 Å². The first kappa shape index (κ1) is 8.71. The van der Waals surface area contributed by atoms with E-state index in [-0.39, 0.29) is 0 Å². The monoisotopic (exact) mass is 215 g/mol. The Hall–Kier alpha value is -0.380. The summed E-state index contributed by atoms with van der Waals surface area (Å²) in [5, 5.41) is 8.34. The van der Waals surface area contributed by atoms with Crippen molar-refractivity contribution >= 4 is 15.9 Å². The smallest absolute Gasteiger partial charge is 0.0247 e. The van der Waals surface area contributed by atoms with Crippen LogP contribution in [0.1, 0.15) is 5.56 Å². The number of benzene rings is 1. The highest BCUT2D eigenvalue weighted by atomic mass is 79.9. The van der Waals surface area contributed by atoms with Gasteiger partial charge in [0.05, 0.1) is 0 Å². The van der Waals surface area contributed by atoms with Gasteiger partial charge in [0.1, 0.15) is 0 Å². The zero-order chi connectivity index (χ0) is 8.10. The molecule has 11 heavy (non-hydrogen) atoms. The lowest BCUT2D eigenvalue weighted by Gasteiger charge is -1.99. The summed E-state index contributed by atoms with van der Waals surface area (Å²) < 4.78 is 1.08. The minimum atomic E-state index is 0.594. The fraction of sp³-hybridized carbons (Fsp3) is 0.250. The van der Waals surface area contributed by atoms with E-state index in [1.54, 1.807) is 0 Å². The van der Waals surface area contributed by atoms with Crippen molar-refractivity contribution in [3.63, 3.8) is 0 Å². The fourth-order valence-corrected chi connectivity index (χ4v) is 1.34. The molecular weight excluding hydrogens is 206 g/mol. The number of hydroxylamine groups is 1. The van der Waals surface area contributed by atoms with E-state index in [1.165, 1.54) is 5.56 Å². The van der Waals surface area contributed by atoms with Crippen LogP contribution in [0.4, 0.5) is 0 Å². The lowest BCUT2D eigenvalue weighted by atomic mass is 10.2. The second kappa shape index (κ2) is 4.49. The maximum absolute atomic E-state index is 8.34. The summed E-state index contributed by atoms with van der Waals surface area (Å²) in [6.07, 6.45) is 0.843. The van der Waals surface area contributed by atoms with E-state index in [1.807, 2.05) is 24.3 Å². The molecule has 1 aromatic carbocycles. The summed E-state index contributed by atoms with van der Waals surface area (Å²) in [6.45, 7) is 0.594. The Morgan fingerprint density at radius 1 is 1.45 bits per heavy atom. The Bertz CT molecular complexity index is 227. The first-order valence-electron chi connectivity index (χ1n) is 3.44. The molecule has 60 valence electrons. The summed E-state index contributed by atoms with van der Waals surface area (Å²) in [4.78, 5) is 0. The molecule has 0 bridgehead atoms. The van der Waals surface area contributed by atoms with Crippen LogP contribution in [0.5, 0.6) is 0 Å². The van der Waals surface area contributed by atoms with Gasteiger partial charge in [-0.3, -0.25) is 0 Å². The van der Waals surface area contributed by atoms with Crippen LogP contribution in [-0.4, -0.2) is 11.8 Å². The molecule has 3 heteroatoms. The van der Waals surface area contributed by atoms with Gasteiger partial charge >= 0.3 is 0 Å². The number of hydrogen-bond donors (Lipinski definition) is 2. The third kappa shape index (κ3) is 3.01. The molecule has 0 radical (unpaired) electrons. The average molecular weight is 216 g/mol. The predicted molar refractivity (Wildman–Crippen MR) is 47.6 cm³/mol. The lowest BCUT2D eigenvalue weighted by Crippen LogP contribution is -2.10. The van der Waals surface area contributed by atoms with Gasteiger partial charge in [-0.1, -0.05) is 28.1 Å². The fourth-order valence-electron chi connectivity index (χ4n) is 0.893. The van der Waals surface area contributed by atoms with Gasteiger partial charge in [-0.2, -0.15) is 0 Å². The molecule has 0 atom stereocenters. The zero-order valence-corrected chi connectivity index (χ0v) is 7.63. The van der Waals surface area contributed by atoms with Gasteiger partial charge in [0.15, 0.2) is 0 Å². The zero-order valence-electron chi connectivity index (χ0n) is 6.05. The highest BCUT2D eigenvalue weighted by molar-refractivity contribution is 9.10. The molecule has 1 rings (SSSR count). The Morgan fingerprint density at radius 3 is 2.91 bits per heavy atom. The van der Waals surface area contributed by atoms with E-state index in [4.69, 9.17) is 5.21 Å². The third-order valence-electron chi connectivity index (χ3n) is 1.41. The first-order chi connectivity index (χ1) is 5.33. The van der Waals surface area contributed by atoms with Crippen molar-refractivity contribution in [1.29, 1.82) is 0 Å². The van der Waals surface area contributed by atoms with Crippen molar-refractivity contribution in [1.82, 2.24) is 5.48 Å².